The summed E-state index contributed by atoms with van der Waals surface area (Å²) in [5.74, 6) is 1.37. The Balaban J connectivity index is 2.01. The summed E-state index contributed by atoms with van der Waals surface area (Å²) in [5.41, 5.74) is 0.775. The minimum absolute atomic E-state index is 0.239. The van der Waals surface area contributed by atoms with Crippen molar-refractivity contribution in [1.29, 1.82) is 0 Å². The fourth-order valence-electron chi connectivity index (χ4n) is 2.09. The van der Waals surface area contributed by atoms with E-state index in [1.807, 2.05) is 6.92 Å². The van der Waals surface area contributed by atoms with Crippen LogP contribution in [0.3, 0.4) is 0 Å². The van der Waals surface area contributed by atoms with Gasteiger partial charge in [0.2, 0.25) is 0 Å². The van der Waals surface area contributed by atoms with Crippen molar-refractivity contribution in [2.45, 2.75) is 26.1 Å². The Labute approximate surface area is 143 Å². The Kier molecular flexibility index (Phi) is 6.42. The molecule has 24 heavy (non-hydrogen) atoms. The summed E-state index contributed by atoms with van der Waals surface area (Å²) < 4.78 is 47.5. The smallest absolute Gasteiger partial charge is 0.390 e. The monoisotopic (exact) mass is 365 g/mol. The highest BCUT2D eigenvalue weighted by Gasteiger charge is 2.26. The molecule has 0 bridgehead atoms. The van der Waals surface area contributed by atoms with Gasteiger partial charge in [-0.2, -0.15) is 13.2 Å². The lowest BCUT2D eigenvalue weighted by atomic mass is 10.2. The number of aliphatic imine (C=N–C) groups is 1. The van der Waals surface area contributed by atoms with E-state index in [4.69, 9.17) is 21.1 Å². The van der Waals surface area contributed by atoms with Gasteiger partial charge in [0.05, 0.1) is 18.0 Å². The molecule has 0 aromatic heterocycles. The fraction of sp³-hybridized carbons (Fsp3) is 0.533. The number of ether oxygens (including phenoxy) is 2. The number of halogens is 4. The number of benzene rings is 1. The van der Waals surface area contributed by atoms with Crippen LogP contribution in [0, 0.1) is 0 Å². The first kappa shape index (κ1) is 18.5. The van der Waals surface area contributed by atoms with Gasteiger partial charge in [-0.05, 0) is 24.6 Å². The zero-order chi connectivity index (χ0) is 17.6. The van der Waals surface area contributed by atoms with Crippen molar-refractivity contribution < 1.29 is 22.6 Å². The lowest BCUT2D eigenvalue weighted by Crippen LogP contribution is -2.38. The number of alkyl halides is 3. The van der Waals surface area contributed by atoms with Crippen molar-refractivity contribution in [1.82, 2.24) is 10.6 Å². The van der Waals surface area contributed by atoms with Gasteiger partial charge < -0.3 is 20.1 Å². The molecule has 2 rings (SSSR count). The molecule has 0 fully saturated rings. The van der Waals surface area contributed by atoms with Crippen LogP contribution in [0.2, 0.25) is 5.02 Å². The Bertz CT molecular complexity index is 594. The third kappa shape index (κ3) is 5.67. The van der Waals surface area contributed by atoms with Crippen molar-refractivity contribution in [3.05, 3.63) is 22.7 Å². The van der Waals surface area contributed by atoms with Gasteiger partial charge in [-0.25, -0.2) is 4.99 Å². The molecule has 9 heteroatoms. The first-order valence-corrected chi connectivity index (χ1v) is 7.94. The number of nitrogens with zero attached hydrogens (tertiary/aromatic N) is 1. The maximum absolute atomic E-state index is 12.2. The van der Waals surface area contributed by atoms with E-state index in [-0.39, 0.29) is 13.1 Å². The Hall–Kier alpha value is -1.83. The van der Waals surface area contributed by atoms with Crippen LogP contribution in [0.5, 0.6) is 11.5 Å². The number of rotatable bonds is 5. The van der Waals surface area contributed by atoms with E-state index in [1.165, 1.54) is 0 Å². The van der Waals surface area contributed by atoms with Crippen molar-refractivity contribution in [3.8, 4) is 11.5 Å². The summed E-state index contributed by atoms with van der Waals surface area (Å²) in [7, 11) is 0. The summed E-state index contributed by atoms with van der Waals surface area (Å²) in [6, 6.07) is 3.47. The molecule has 1 aliphatic heterocycles. The molecule has 2 N–H and O–H groups in total. The lowest BCUT2D eigenvalue weighted by molar-refractivity contribution is -0.132. The van der Waals surface area contributed by atoms with Gasteiger partial charge in [0.15, 0.2) is 17.5 Å². The number of hydrogen-bond acceptors (Lipinski definition) is 3. The maximum Gasteiger partial charge on any atom is 0.390 e. The largest absolute Gasteiger partial charge is 0.486 e. The van der Waals surface area contributed by atoms with E-state index in [9.17, 15) is 13.2 Å². The first-order chi connectivity index (χ1) is 11.4. The van der Waals surface area contributed by atoms with E-state index in [2.05, 4.69) is 15.6 Å². The van der Waals surface area contributed by atoms with E-state index >= 15 is 0 Å². The molecule has 1 heterocycles. The molecular weight excluding hydrogens is 347 g/mol. The van der Waals surface area contributed by atoms with E-state index in [0.717, 1.165) is 5.56 Å². The molecule has 1 aromatic rings. The quantitative estimate of drug-likeness (QED) is 0.622. The first-order valence-electron chi connectivity index (χ1n) is 7.56. The highest BCUT2D eigenvalue weighted by Crippen LogP contribution is 2.38. The summed E-state index contributed by atoms with van der Waals surface area (Å²) in [6.45, 7) is 3.27. The molecule has 0 radical (unpaired) electrons. The molecule has 5 nitrogen and oxygen atoms in total. The van der Waals surface area contributed by atoms with Crippen LogP contribution < -0.4 is 20.1 Å². The average molecular weight is 366 g/mol. The summed E-state index contributed by atoms with van der Waals surface area (Å²) in [5, 5.41) is 5.98. The topological polar surface area (TPSA) is 54.9 Å². The second-order valence-electron chi connectivity index (χ2n) is 5.09. The van der Waals surface area contributed by atoms with Gasteiger partial charge in [-0.3, -0.25) is 0 Å². The molecular formula is C15H19ClF3N3O2. The number of nitrogens with one attached hydrogen (secondary N) is 2. The van der Waals surface area contributed by atoms with E-state index in [1.54, 1.807) is 12.1 Å². The zero-order valence-corrected chi connectivity index (χ0v) is 13.9. The molecule has 0 saturated heterocycles. The number of guanidine groups is 1. The molecule has 134 valence electrons. The van der Waals surface area contributed by atoms with Crippen molar-refractivity contribution in [2.24, 2.45) is 4.99 Å². The Morgan fingerprint density at radius 3 is 2.71 bits per heavy atom. The van der Waals surface area contributed by atoms with Crippen LogP contribution >= 0.6 is 11.6 Å². The fourth-order valence-corrected chi connectivity index (χ4v) is 2.38. The summed E-state index contributed by atoms with van der Waals surface area (Å²) in [6.07, 6.45) is -5.12. The highest BCUT2D eigenvalue weighted by atomic mass is 35.5. The molecule has 1 aromatic carbocycles. The second-order valence-corrected chi connectivity index (χ2v) is 5.50. The van der Waals surface area contributed by atoms with Crippen molar-refractivity contribution in [2.75, 3.05) is 26.3 Å². The van der Waals surface area contributed by atoms with Crippen LogP contribution in [0.15, 0.2) is 17.1 Å². The summed E-state index contributed by atoms with van der Waals surface area (Å²) in [4.78, 5) is 4.27. The molecule has 0 spiro atoms. The predicted molar refractivity (Wildman–Crippen MR) is 85.9 cm³/mol. The number of fused-ring (bicyclic) bond motifs is 1. The van der Waals surface area contributed by atoms with Crippen LogP contribution in [-0.2, 0) is 6.54 Å². The minimum Gasteiger partial charge on any atom is -0.486 e. The van der Waals surface area contributed by atoms with E-state index in [0.29, 0.717) is 42.2 Å². The second kappa shape index (κ2) is 8.32. The molecule has 1 aliphatic rings. The van der Waals surface area contributed by atoms with Gasteiger partial charge in [-0.1, -0.05) is 11.6 Å². The SMILES string of the molecule is CCNC(=NCc1cc(Cl)c2c(c1)OCCO2)NCCC(F)(F)F. The Morgan fingerprint density at radius 1 is 1.25 bits per heavy atom. The zero-order valence-electron chi connectivity index (χ0n) is 13.2. The maximum atomic E-state index is 12.2. The highest BCUT2D eigenvalue weighted by molar-refractivity contribution is 6.32. The summed E-state index contributed by atoms with van der Waals surface area (Å²) >= 11 is 6.15. The number of hydrogen-bond donors (Lipinski definition) is 2. The van der Waals surface area contributed by atoms with Crippen molar-refractivity contribution >= 4 is 17.6 Å². The van der Waals surface area contributed by atoms with Crippen LogP contribution in [0.25, 0.3) is 0 Å². The van der Waals surface area contributed by atoms with Crippen LogP contribution in [0.1, 0.15) is 18.9 Å². The van der Waals surface area contributed by atoms with Crippen LogP contribution in [0.4, 0.5) is 13.2 Å². The third-order valence-electron chi connectivity index (χ3n) is 3.12. The minimum atomic E-state index is -4.20. The van der Waals surface area contributed by atoms with Crippen LogP contribution in [-0.4, -0.2) is 38.4 Å². The average Bonchev–Trinajstić information content (AvgIpc) is 2.51. The van der Waals surface area contributed by atoms with Gasteiger partial charge in [-0.15, -0.1) is 0 Å². The van der Waals surface area contributed by atoms with Crippen molar-refractivity contribution in [3.63, 3.8) is 0 Å². The molecule has 0 atom stereocenters. The lowest BCUT2D eigenvalue weighted by Gasteiger charge is -2.20. The molecule has 0 saturated carbocycles. The molecule has 0 unspecified atom stereocenters. The molecule has 0 amide bonds. The van der Waals surface area contributed by atoms with Gasteiger partial charge in [0.1, 0.15) is 13.2 Å². The van der Waals surface area contributed by atoms with Gasteiger partial charge in [0.25, 0.3) is 0 Å². The van der Waals surface area contributed by atoms with E-state index < -0.39 is 12.6 Å². The third-order valence-corrected chi connectivity index (χ3v) is 3.40. The van der Waals surface area contributed by atoms with Gasteiger partial charge in [0, 0.05) is 13.1 Å². The standard InChI is InChI=1S/C15H19ClF3N3O2/c1-2-20-14(21-4-3-15(17,18)19)22-9-10-7-11(16)13-12(8-10)23-5-6-24-13/h7-8H,2-6,9H2,1H3,(H2,20,21,22). The predicted octanol–water partition coefficient (Wildman–Crippen LogP) is 3.12. The van der Waals surface area contributed by atoms with Gasteiger partial charge >= 0.3 is 6.18 Å². The normalized spacial score (nSPS) is 14.5. The molecule has 0 aliphatic carbocycles. The Morgan fingerprint density at radius 2 is 2.00 bits per heavy atom.